The molecule has 8 nitrogen and oxygen atoms in total. The van der Waals surface area contributed by atoms with Crippen molar-refractivity contribution in [2.45, 2.75) is 39.3 Å². The van der Waals surface area contributed by atoms with Gasteiger partial charge in [0.05, 0.1) is 18.7 Å². The Kier molecular flexibility index (Phi) is 8.79. The number of esters is 2. The molecule has 0 unspecified atom stereocenters. The number of methoxy groups -OCH3 is 1. The lowest BCUT2D eigenvalue weighted by molar-refractivity contribution is -0.155. The van der Waals surface area contributed by atoms with Crippen LogP contribution in [0.4, 0.5) is 0 Å². The van der Waals surface area contributed by atoms with Crippen molar-refractivity contribution in [1.82, 2.24) is 5.32 Å². The second-order valence-corrected chi connectivity index (χ2v) is 5.96. The van der Waals surface area contributed by atoms with Crippen LogP contribution in [0.1, 0.15) is 32.8 Å². The zero-order chi connectivity index (χ0) is 20.4. The van der Waals surface area contributed by atoms with Gasteiger partial charge in [0.1, 0.15) is 11.8 Å². The number of nitriles is 1. The Bertz CT molecular complexity index is 695. The molecule has 1 rings (SSSR count). The topological polar surface area (TPSA) is 115 Å². The van der Waals surface area contributed by atoms with E-state index in [0.29, 0.717) is 17.7 Å². The van der Waals surface area contributed by atoms with Crippen LogP contribution in [-0.4, -0.2) is 43.7 Å². The van der Waals surface area contributed by atoms with Gasteiger partial charge in [-0.15, -0.1) is 0 Å². The molecule has 0 fully saturated rings. The van der Waals surface area contributed by atoms with E-state index < -0.39 is 36.6 Å². The molecule has 0 bridgehead atoms. The summed E-state index contributed by atoms with van der Waals surface area (Å²) in [6.45, 7) is 4.63. The molecule has 0 aliphatic rings. The van der Waals surface area contributed by atoms with Gasteiger partial charge < -0.3 is 19.5 Å². The van der Waals surface area contributed by atoms with Crippen LogP contribution in [0.3, 0.4) is 0 Å². The SMILES string of the molecule is CC[C@@H](C)[C@@H](NC(=O)COC(=O)[C@@H](C)Oc1ccc(C#N)cc1)C(=O)OC. The first-order chi connectivity index (χ1) is 12.8. The predicted molar refractivity (Wildman–Crippen MR) is 95.6 cm³/mol. The third kappa shape index (κ3) is 6.98. The summed E-state index contributed by atoms with van der Waals surface area (Å²) in [7, 11) is 1.24. The van der Waals surface area contributed by atoms with Gasteiger partial charge >= 0.3 is 11.9 Å². The standard InChI is InChI=1S/C19H24N2O6/c1-5-12(2)17(19(24)25-4)21-16(22)11-26-18(23)13(3)27-15-8-6-14(10-20)7-9-15/h6-9,12-13,17H,5,11H2,1-4H3,(H,21,22)/t12-,13-,17-/m1/s1. The summed E-state index contributed by atoms with van der Waals surface area (Å²) in [6.07, 6.45) is -0.285. The van der Waals surface area contributed by atoms with Crippen molar-refractivity contribution in [3.63, 3.8) is 0 Å². The highest BCUT2D eigenvalue weighted by atomic mass is 16.6. The van der Waals surface area contributed by atoms with E-state index in [0.717, 1.165) is 0 Å². The summed E-state index contributed by atoms with van der Waals surface area (Å²) in [5, 5.41) is 11.3. The molecule has 1 N–H and O–H groups in total. The van der Waals surface area contributed by atoms with Gasteiger partial charge in [-0.05, 0) is 37.1 Å². The maximum Gasteiger partial charge on any atom is 0.347 e. The number of amides is 1. The smallest absolute Gasteiger partial charge is 0.347 e. The van der Waals surface area contributed by atoms with Crippen molar-refractivity contribution < 1.29 is 28.6 Å². The third-order valence-corrected chi connectivity index (χ3v) is 3.96. The predicted octanol–water partition coefficient (Wildman–Crippen LogP) is 1.57. The molecule has 0 aliphatic heterocycles. The van der Waals surface area contributed by atoms with E-state index in [2.05, 4.69) is 10.1 Å². The van der Waals surface area contributed by atoms with Crippen molar-refractivity contribution in [2.24, 2.45) is 5.92 Å². The van der Waals surface area contributed by atoms with Crippen LogP contribution in [0, 0.1) is 17.2 Å². The first-order valence-corrected chi connectivity index (χ1v) is 8.53. The molecule has 8 heteroatoms. The first-order valence-electron chi connectivity index (χ1n) is 8.53. The first kappa shape index (κ1) is 22.0. The number of hydrogen-bond donors (Lipinski definition) is 1. The zero-order valence-corrected chi connectivity index (χ0v) is 15.9. The van der Waals surface area contributed by atoms with E-state index in [1.165, 1.54) is 14.0 Å². The van der Waals surface area contributed by atoms with Crippen molar-refractivity contribution in [2.75, 3.05) is 13.7 Å². The molecule has 0 aliphatic carbocycles. The van der Waals surface area contributed by atoms with Gasteiger partial charge in [-0.1, -0.05) is 20.3 Å². The van der Waals surface area contributed by atoms with E-state index in [-0.39, 0.29) is 5.92 Å². The molecule has 1 amide bonds. The van der Waals surface area contributed by atoms with Crippen molar-refractivity contribution in [3.05, 3.63) is 29.8 Å². The molecular formula is C19H24N2O6. The van der Waals surface area contributed by atoms with Gasteiger partial charge in [0, 0.05) is 0 Å². The van der Waals surface area contributed by atoms with Crippen LogP contribution in [0.2, 0.25) is 0 Å². The fourth-order valence-corrected chi connectivity index (χ4v) is 2.13. The van der Waals surface area contributed by atoms with Crippen LogP contribution >= 0.6 is 0 Å². The largest absolute Gasteiger partial charge is 0.479 e. The van der Waals surface area contributed by atoms with Gasteiger partial charge in [-0.25, -0.2) is 9.59 Å². The quantitative estimate of drug-likeness (QED) is 0.651. The molecule has 1 aromatic rings. The van der Waals surface area contributed by atoms with Gasteiger partial charge in [0.2, 0.25) is 0 Å². The average molecular weight is 376 g/mol. The number of benzene rings is 1. The number of ether oxygens (including phenoxy) is 3. The van der Waals surface area contributed by atoms with Crippen LogP contribution in [-0.2, 0) is 23.9 Å². The molecule has 1 aromatic carbocycles. The summed E-state index contributed by atoms with van der Waals surface area (Å²) >= 11 is 0. The number of carbonyl (C=O) groups excluding carboxylic acids is 3. The fourth-order valence-electron chi connectivity index (χ4n) is 2.13. The van der Waals surface area contributed by atoms with Crippen molar-refractivity contribution in [3.8, 4) is 11.8 Å². The van der Waals surface area contributed by atoms with Crippen molar-refractivity contribution >= 4 is 17.8 Å². The Morgan fingerprint density at radius 2 is 1.78 bits per heavy atom. The van der Waals surface area contributed by atoms with Crippen molar-refractivity contribution in [1.29, 1.82) is 5.26 Å². The molecule has 0 saturated carbocycles. The van der Waals surface area contributed by atoms with E-state index in [9.17, 15) is 14.4 Å². The lowest BCUT2D eigenvalue weighted by atomic mass is 9.99. The highest BCUT2D eigenvalue weighted by molar-refractivity contribution is 5.86. The van der Waals surface area contributed by atoms with Crippen LogP contribution in [0.5, 0.6) is 5.75 Å². The monoisotopic (exact) mass is 376 g/mol. The Morgan fingerprint density at radius 1 is 1.15 bits per heavy atom. The highest BCUT2D eigenvalue weighted by Gasteiger charge is 2.27. The Hall–Kier alpha value is -3.08. The second kappa shape index (κ2) is 10.8. The Morgan fingerprint density at radius 3 is 2.30 bits per heavy atom. The molecule has 146 valence electrons. The normalized spacial score (nSPS) is 13.4. The second-order valence-electron chi connectivity index (χ2n) is 5.96. The highest BCUT2D eigenvalue weighted by Crippen LogP contribution is 2.14. The third-order valence-electron chi connectivity index (χ3n) is 3.96. The molecule has 27 heavy (non-hydrogen) atoms. The molecule has 3 atom stereocenters. The number of hydrogen-bond acceptors (Lipinski definition) is 7. The number of nitrogens with zero attached hydrogens (tertiary/aromatic N) is 1. The van der Waals surface area contributed by atoms with Crippen LogP contribution in [0.25, 0.3) is 0 Å². The molecular weight excluding hydrogens is 352 g/mol. The Balaban J connectivity index is 2.52. The minimum absolute atomic E-state index is 0.129. The Labute approximate surface area is 158 Å². The minimum atomic E-state index is -0.947. The van der Waals surface area contributed by atoms with E-state index >= 15 is 0 Å². The summed E-state index contributed by atoms with van der Waals surface area (Å²) in [6, 6.07) is 7.40. The van der Waals surface area contributed by atoms with Crippen LogP contribution in [0.15, 0.2) is 24.3 Å². The number of nitrogens with one attached hydrogen (secondary N) is 1. The van der Waals surface area contributed by atoms with Gasteiger partial charge in [0.25, 0.3) is 5.91 Å². The molecule has 0 radical (unpaired) electrons. The summed E-state index contributed by atoms with van der Waals surface area (Å²) < 4.78 is 15.0. The molecule has 0 saturated heterocycles. The maximum absolute atomic E-state index is 12.0. The van der Waals surface area contributed by atoms with Gasteiger partial charge in [0.15, 0.2) is 12.7 Å². The van der Waals surface area contributed by atoms with E-state index in [1.807, 2.05) is 13.0 Å². The van der Waals surface area contributed by atoms with Gasteiger partial charge in [-0.2, -0.15) is 5.26 Å². The summed E-state index contributed by atoms with van der Waals surface area (Å²) in [4.78, 5) is 35.7. The maximum atomic E-state index is 12.0. The number of carbonyl (C=O) groups is 3. The van der Waals surface area contributed by atoms with Gasteiger partial charge in [-0.3, -0.25) is 4.79 Å². The molecule has 0 spiro atoms. The summed E-state index contributed by atoms with van der Waals surface area (Å²) in [5.41, 5.74) is 0.468. The fraction of sp³-hybridized carbons (Fsp3) is 0.474. The lowest BCUT2D eigenvalue weighted by Crippen LogP contribution is -2.47. The average Bonchev–Trinajstić information content (AvgIpc) is 2.69. The summed E-state index contributed by atoms with van der Waals surface area (Å²) in [5.74, 6) is -1.62. The molecule has 0 aromatic heterocycles. The van der Waals surface area contributed by atoms with E-state index in [1.54, 1.807) is 31.2 Å². The number of rotatable bonds is 9. The minimum Gasteiger partial charge on any atom is -0.479 e. The molecule has 0 heterocycles. The van der Waals surface area contributed by atoms with Crippen LogP contribution < -0.4 is 10.1 Å². The zero-order valence-electron chi connectivity index (χ0n) is 15.9. The van der Waals surface area contributed by atoms with E-state index in [4.69, 9.17) is 14.7 Å². The lowest BCUT2D eigenvalue weighted by Gasteiger charge is -2.22.